The number of fused-ring (bicyclic) bond motifs is 1. The number of amides is 1. The molecule has 178 valence electrons. The van der Waals surface area contributed by atoms with Crippen LogP contribution in [0.4, 0.5) is 0 Å². The van der Waals surface area contributed by atoms with Crippen LogP contribution in [-0.4, -0.2) is 41.3 Å². The third-order valence-electron chi connectivity index (χ3n) is 6.07. The Morgan fingerprint density at radius 2 is 1.82 bits per heavy atom. The van der Waals surface area contributed by atoms with Crippen molar-refractivity contribution in [1.82, 2.24) is 19.2 Å². The summed E-state index contributed by atoms with van der Waals surface area (Å²) in [5.41, 5.74) is 3.76. The number of nitrogens with one attached hydrogen (secondary N) is 1. The Kier molecular flexibility index (Phi) is 7.92. The van der Waals surface area contributed by atoms with Crippen LogP contribution < -0.4 is 5.32 Å². The van der Waals surface area contributed by atoms with Gasteiger partial charge in [0.15, 0.2) is 0 Å². The van der Waals surface area contributed by atoms with E-state index >= 15 is 0 Å². The van der Waals surface area contributed by atoms with E-state index in [9.17, 15) is 13.2 Å². The van der Waals surface area contributed by atoms with Crippen molar-refractivity contribution in [1.29, 1.82) is 0 Å². The predicted molar refractivity (Wildman–Crippen MR) is 132 cm³/mol. The Morgan fingerprint density at radius 3 is 2.45 bits per heavy atom. The van der Waals surface area contributed by atoms with Gasteiger partial charge in [0.2, 0.25) is 15.9 Å². The van der Waals surface area contributed by atoms with Gasteiger partial charge in [0.25, 0.3) is 0 Å². The number of sulfonamides is 1. The van der Waals surface area contributed by atoms with Crippen LogP contribution in [0.3, 0.4) is 0 Å². The summed E-state index contributed by atoms with van der Waals surface area (Å²) >= 11 is 0. The van der Waals surface area contributed by atoms with Gasteiger partial charge in [0.05, 0.1) is 22.0 Å². The van der Waals surface area contributed by atoms with E-state index in [0.29, 0.717) is 38.0 Å². The van der Waals surface area contributed by atoms with Gasteiger partial charge in [-0.3, -0.25) is 4.79 Å². The van der Waals surface area contributed by atoms with E-state index in [1.807, 2.05) is 69.5 Å². The Hall–Kier alpha value is -2.71. The smallest absolute Gasteiger partial charge is 0.243 e. The average molecular weight is 471 g/mol. The van der Waals surface area contributed by atoms with Gasteiger partial charge in [-0.2, -0.15) is 4.31 Å². The molecule has 0 unspecified atom stereocenters. The number of benzene rings is 2. The summed E-state index contributed by atoms with van der Waals surface area (Å²) in [5.74, 6) is 0.744. The van der Waals surface area contributed by atoms with Crippen LogP contribution >= 0.6 is 0 Å². The van der Waals surface area contributed by atoms with Gasteiger partial charge >= 0.3 is 0 Å². The van der Waals surface area contributed by atoms with Crippen molar-refractivity contribution in [2.24, 2.45) is 0 Å². The maximum absolute atomic E-state index is 12.9. The molecule has 0 saturated carbocycles. The van der Waals surface area contributed by atoms with Crippen molar-refractivity contribution in [3.05, 3.63) is 59.4 Å². The number of nitrogens with zero attached hydrogens (tertiary/aromatic N) is 3. The van der Waals surface area contributed by atoms with E-state index in [2.05, 4.69) is 5.32 Å². The van der Waals surface area contributed by atoms with Gasteiger partial charge in [0, 0.05) is 32.5 Å². The number of aryl methyl sites for hydroxylation is 3. The van der Waals surface area contributed by atoms with Crippen LogP contribution in [0.15, 0.2) is 47.4 Å². The Bertz CT molecular complexity index is 1230. The van der Waals surface area contributed by atoms with E-state index in [-0.39, 0.29) is 16.8 Å². The molecule has 8 heteroatoms. The molecule has 3 aromatic rings. The van der Waals surface area contributed by atoms with E-state index < -0.39 is 10.0 Å². The summed E-state index contributed by atoms with van der Waals surface area (Å²) in [7, 11) is -3.55. The molecule has 0 fully saturated rings. The van der Waals surface area contributed by atoms with Gasteiger partial charge in [0.1, 0.15) is 5.82 Å². The van der Waals surface area contributed by atoms with Crippen LogP contribution in [-0.2, 0) is 27.8 Å². The second-order valence-electron chi connectivity index (χ2n) is 8.16. The molecule has 1 aromatic heterocycles. The first kappa shape index (κ1) is 24.9. The molecule has 0 saturated heterocycles. The SMILES string of the molecule is CCN(CC)S(=O)(=O)c1ccc2c(c1)nc(CCC(=O)N[C@@H](C)c1ccccc1C)n2CC. The maximum atomic E-state index is 12.9. The van der Waals surface area contributed by atoms with Crippen LogP contribution in [0, 0.1) is 6.92 Å². The largest absolute Gasteiger partial charge is 0.350 e. The quantitative estimate of drug-likeness (QED) is 0.481. The van der Waals surface area contributed by atoms with Gasteiger partial charge in [-0.15, -0.1) is 0 Å². The van der Waals surface area contributed by atoms with E-state index in [4.69, 9.17) is 4.98 Å². The molecule has 1 N–H and O–H groups in total. The lowest BCUT2D eigenvalue weighted by molar-refractivity contribution is -0.121. The molecular formula is C25H34N4O3S. The van der Waals surface area contributed by atoms with Gasteiger partial charge in [-0.1, -0.05) is 38.1 Å². The third-order valence-corrected chi connectivity index (χ3v) is 8.11. The minimum absolute atomic E-state index is 0.0368. The lowest BCUT2D eigenvalue weighted by Crippen LogP contribution is -2.30. The lowest BCUT2D eigenvalue weighted by atomic mass is 10.0. The molecule has 0 aliphatic rings. The number of hydrogen-bond donors (Lipinski definition) is 1. The number of rotatable bonds is 10. The highest BCUT2D eigenvalue weighted by molar-refractivity contribution is 7.89. The van der Waals surface area contributed by atoms with Crippen LogP contribution in [0.1, 0.15) is 57.1 Å². The minimum Gasteiger partial charge on any atom is -0.350 e. The Morgan fingerprint density at radius 1 is 1.12 bits per heavy atom. The molecule has 3 rings (SSSR count). The van der Waals surface area contributed by atoms with Crippen LogP contribution in [0.5, 0.6) is 0 Å². The van der Waals surface area contributed by atoms with Gasteiger partial charge < -0.3 is 9.88 Å². The highest BCUT2D eigenvalue weighted by Gasteiger charge is 2.23. The number of carbonyl (C=O) groups excluding carboxylic acids is 1. The van der Waals surface area contributed by atoms with Crippen LogP contribution in [0.25, 0.3) is 11.0 Å². The minimum atomic E-state index is -3.55. The summed E-state index contributed by atoms with van der Waals surface area (Å²) < 4.78 is 29.3. The summed E-state index contributed by atoms with van der Waals surface area (Å²) in [6.45, 7) is 11.2. The van der Waals surface area contributed by atoms with Crippen molar-refractivity contribution in [2.75, 3.05) is 13.1 Å². The van der Waals surface area contributed by atoms with Crippen molar-refractivity contribution < 1.29 is 13.2 Å². The van der Waals surface area contributed by atoms with E-state index in [1.165, 1.54) is 4.31 Å². The zero-order valence-corrected chi connectivity index (χ0v) is 20.9. The second kappa shape index (κ2) is 10.5. The van der Waals surface area contributed by atoms with Crippen molar-refractivity contribution in [2.45, 2.75) is 64.9 Å². The topological polar surface area (TPSA) is 84.3 Å². The normalized spacial score (nSPS) is 12.9. The molecule has 1 atom stereocenters. The van der Waals surface area contributed by atoms with Crippen molar-refractivity contribution >= 4 is 27.0 Å². The molecule has 0 aliphatic carbocycles. The molecule has 0 spiro atoms. The fourth-order valence-corrected chi connectivity index (χ4v) is 5.74. The molecular weight excluding hydrogens is 436 g/mol. The lowest BCUT2D eigenvalue weighted by Gasteiger charge is -2.18. The average Bonchev–Trinajstić information content (AvgIpc) is 3.15. The number of hydrogen-bond acceptors (Lipinski definition) is 4. The fourth-order valence-electron chi connectivity index (χ4n) is 4.27. The Balaban J connectivity index is 1.78. The second-order valence-corrected chi connectivity index (χ2v) is 10.1. The molecule has 33 heavy (non-hydrogen) atoms. The molecule has 1 heterocycles. The molecule has 2 aromatic carbocycles. The zero-order valence-electron chi connectivity index (χ0n) is 20.1. The van der Waals surface area contributed by atoms with Gasteiger partial charge in [-0.25, -0.2) is 13.4 Å². The zero-order chi connectivity index (χ0) is 24.2. The first-order valence-corrected chi connectivity index (χ1v) is 13.0. The molecule has 0 radical (unpaired) electrons. The molecule has 0 aliphatic heterocycles. The third kappa shape index (κ3) is 5.28. The maximum Gasteiger partial charge on any atom is 0.243 e. The molecule has 0 bridgehead atoms. The first-order chi connectivity index (χ1) is 15.7. The number of carbonyl (C=O) groups is 1. The summed E-state index contributed by atoms with van der Waals surface area (Å²) in [4.78, 5) is 17.6. The van der Waals surface area contributed by atoms with E-state index in [0.717, 1.165) is 22.5 Å². The number of aromatic nitrogens is 2. The first-order valence-electron chi connectivity index (χ1n) is 11.6. The van der Waals surface area contributed by atoms with Crippen LogP contribution in [0.2, 0.25) is 0 Å². The van der Waals surface area contributed by atoms with Gasteiger partial charge in [-0.05, 0) is 50.1 Å². The van der Waals surface area contributed by atoms with Crippen molar-refractivity contribution in [3.63, 3.8) is 0 Å². The summed E-state index contributed by atoms with van der Waals surface area (Å²) in [6.07, 6.45) is 0.789. The predicted octanol–water partition coefficient (Wildman–Crippen LogP) is 4.21. The van der Waals surface area contributed by atoms with E-state index in [1.54, 1.807) is 12.1 Å². The highest BCUT2D eigenvalue weighted by Crippen LogP contribution is 2.24. The monoisotopic (exact) mass is 470 g/mol. The number of imidazole rings is 1. The molecule has 7 nitrogen and oxygen atoms in total. The fraction of sp³-hybridized carbons (Fsp3) is 0.440. The summed E-state index contributed by atoms with van der Waals surface area (Å²) in [5, 5.41) is 3.07. The highest BCUT2D eigenvalue weighted by atomic mass is 32.2. The summed E-state index contributed by atoms with van der Waals surface area (Å²) in [6, 6.07) is 13.0. The molecule has 1 amide bonds. The Labute approximate surface area is 196 Å². The van der Waals surface area contributed by atoms with Crippen molar-refractivity contribution in [3.8, 4) is 0 Å². The standard InChI is InChI=1S/C25H34N4O3S/c1-6-28(7-2)33(31,32)20-13-14-23-22(17-20)27-24(29(23)8-3)15-16-25(30)26-19(5)21-12-10-9-11-18(21)4/h9-14,17,19H,6-8,15-16H2,1-5H3,(H,26,30)/t19-/m0/s1.